The van der Waals surface area contributed by atoms with Crippen molar-refractivity contribution in [2.45, 2.75) is 11.3 Å². The van der Waals surface area contributed by atoms with Gasteiger partial charge in [0.25, 0.3) is 0 Å². The van der Waals surface area contributed by atoms with Crippen LogP contribution in [-0.2, 0) is 4.74 Å². The predicted molar refractivity (Wildman–Crippen MR) is 93.2 cm³/mol. The minimum atomic E-state index is -0.421. The first kappa shape index (κ1) is 15.8. The van der Waals surface area contributed by atoms with Gasteiger partial charge in [-0.25, -0.2) is 4.98 Å². The van der Waals surface area contributed by atoms with E-state index < -0.39 is 6.10 Å². The SMILES string of the molecule is O[C@@H](CSc1nnc2c(n1)[nH]c1ccccc12)CN1CCOCC1. The molecule has 4 rings (SSSR count). The number of β-amino-alcohol motifs (C(OH)–C–C–N with tert-alkyl or cyclic N) is 1. The van der Waals surface area contributed by atoms with Crippen molar-refractivity contribution in [2.24, 2.45) is 0 Å². The van der Waals surface area contributed by atoms with Crippen LogP contribution in [-0.4, -0.2) is 74.9 Å². The van der Waals surface area contributed by atoms with Gasteiger partial charge in [0.2, 0.25) is 5.16 Å². The molecule has 1 atom stereocenters. The Labute approximate surface area is 143 Å². The number of hydrogen-bond donors (Lipinski definition) is 2. The molecule has 2 N–H and O–H groups in total. The zero-order chi connectivity index (χ0) is 16.4. The maximum atomic E-state index is 10.2. The number of hydrogen-bond acceptors (Lipinski definition) is 7. The van der Waals surface area contributed by atoms with Crippen molar-refractivity contribution >= 4 is 33.8 Å². The van der Waals surface area contributed by atoms with Crippen LogP contribution in [0.5, 0.6) is 0 Å². The van der Waals surface area contributed by atoms with E-state index in [0.717, 1.165) is 48.4 Å². The minimum Gasteiger partial charge on any atom is -0.391 e. The van der Waals surface area contributed by atoms with Crippen LogP contribution in [0.2, 0.25) is 0 Å². The molecule has 0 aliphatic carbocycles. The molecule has 0 amide bonds. The largest absolute Gasteiger partial charge is 0.391 e. The Hall–Kier alpha value is -1.74. The Morgan fingerprint density at radius 3 is 2.96 bits per heavy atom. The molecule has 1 aliphatic heterocycles. The van der Waals surface area contributed by atoms with Gasteiger partial charge in [0, 0.05) is 36.3 Å². The van der Waals surface area contributed by atoms with Gasteiger partial charge in [-0.2, -0.15) is 0 Å². The van der Waals surface area contributed by atoms with Gasteiger partial charge in [-0.1, -0.05) is 30.0 Å². The Morgan fingerprint density at radius 1 is 1.25 bits per heavy atom. The van der Waals surface area contributed by atoms with Gasteiger partial charge in [-0.05, 0) is 6.07 Å². The molecule has 1 aliphatic rings. The van der Waals surface area contributed by atoms with E-state index in [1.54, 1.807) is 0 Å². The number of benzene rings is 1. The van der Waals surface area contributed by atoms with Gasteiger partial charge in [-0.15, -0.1) is 10.2 Å². The van der Waals surface area contributed by atoms with Gasteiger partial charge in [0.15, 0.2) is 5.65 Å². The molecule has 3 aromatic rings. The van der Waals surface area contributed by atoms with Crippen LogP contribution in [0.3, 0.4) is 0 Å². The molecule has 7 nitrogen and oxygen atoms in total. The third-order valence-corrected chi connectivity index (χ3v) is 5.06. The number of fused-ring (bicyclic) bond motifs is 3. The van der Waals surface area contributed by atoms with E-state index in [1.165, 1.54) is 11.8 Å². The lowest BCUT2D eigenvalue weighted by atomic mass is 10.2. The first-order valence-corrected chi connectivity index (χ1v) is 9.00. The van der Waals surface area contributed by atoms with Crippen molar-refractivity contribution in [1.29, 1.82) is 0 Å². The van der Waals surface area contributed by atoms with Crippen molar-refractivity contribution in [3.8, 4) is 0 Å². The second-order valence-electron chi connectivity index (χ2n) is 5.84. The average Bonchev–Trinajstić information content (AvgIpc) is 2.98. The molecular formula is C16H19N5O2S. The molecule has 8 heteroatoms. The smallest absolute Gasteiger partial charge is 0.211 e. The molecule has 0 bridgehead atoms. The Kier molecular flexibility index (Phi) is 4.61. The highest BCUT2D eigenvalue weighted by atomic mass is 32.2. The van der Waals surface area contributed by atoms with E-state index in [2.05, 4.69) is 25.1 Å². The number of rotatable bonds is 5. The summed E-state index contributed by atoms with van der Waals surface area (Å²) in [6.07, 6.45) is -0.421. The Balaban J connectivity index is 1.41. The number of morpholine rings is 1. The molecular weight excluding hydrogens is 326 g/mol. The highest BCUT2D eigenvalue weighted by molar-refractivity contribution is 7.99. The zero-order valence-corrected chi connectivity index (χ0v) is 14.0. The number of para-hydroxylation sites is 1. The van der Waals surface area contributed by atoms with Gasteiger partial charge in [0.05, 0.1) is 19.3 Å². The normalized spacial score (nSPS) is 17.5. The van der Waals surface area contributed by atoms with Crippen molar-refractivity contribution in [3.05, 3.63) is 24.3 Å². The first-order chi connectivity index (χ1) is 11.8. The second-order valence-corrected chi connectivity index (χ2v) is 6.83. The lowest BCUT2D eigenvalue weighted by molar-refractivity contribution is 0.0188. The van der Waals surface area contributed by atoms with Crippen LogP contribution < -0.4 is 0 Å². The standard InChI is InChI=1S/C16H19N5O2S/c22-11(9-21-5-7-23-8-6-21)10-24-16-18-15-14(19-20-16)12-3-1-2-4-13(12)17-15/h1-4,11,22H,5-10H2,(H,17,18,20)/t11-/m1/s1. The molecule has 0 spiro atoms. The molecule has 126 valence electrons. The molecule has 0 saturated carbocycles. The summed E-state index contributed by atoms with van der Waals surface area (Å²) in [6.45, 7) is 3.88. The predicted octanol–water partition coefficient (Wildman–Crippen LogP) is 1.29. The summed E-state index contributed by atoms with van der Waals surface area (Å²) < 4.78 is 5.32. The number of nitrogens with zero attached hydrogens (tertiary/aromatic N) is 4. The number of thioether (sulfide) groups is 1. The number of aliphatic hydroxyl groups excluding tert-OH is 1. The van der Waals surface area contributed by atoms with Crippen LogP contribution >= 0.6 is 11.8 Å². The first-order valence-electron chi connectivity index (χ1n) is 8.02. The monoisotopic (exact) mass is 345 g/mol. The molecule has 1 saturated heterocycles. The second kappa shape index (κ2) is 7.02. The molecule has 0 radical (unpaired) electrons. The van der Waals surface area contributed by atoms with Crippen LogP contribution in [0.4, 0.5) is 0 Å². The average molecular weight is 345 g/mol. The summed E-state index contributed by atoms with van der Waals surface area (Å²) in [5.74, 6) is 0.546. The fourth-order valence-electron chi connectivity index (χ4n) is 2.87. The Morgan fingerprint density at radius 2 is 2.08 bits per heavy atom. The van der Waals surface area contributed by atoms with Crippen LogP contribution in [0, 0.1) is 0 Å². The fraction of sp³-hybridized carbons (Fsp3) is 0.438. The van der Waals surface area contributed by atoms with E-state index >= 15 is 0 Å². The van der Waals surface area contributed by atoms with Crippen LogP contribution in [0.25, 0.3) is 22.1 Å². The van der Waals surface area contributed by atoms with E-state index in [9.17, 15) is 5.11 Å². The van der Waals surface area contributed by atoms with E-state index in [0.29, 0.717) is 17.5 Å². The number of ether oxygens (including phenoxy) is 1. The van der Waals surface area contributed by atoms with Gasteiger partial charge >= 0.3 is 0 Å². The summed E-state index contributed by atoms with van der Waals surface area (Å²) in [5.41, 5.74) is 2.52. The molecule has 2 aromatic heterocycles. The van der Waals surface area contributed by atoms with Crippen molar-refractivity contribution in [2.75, 3.05) is 38.6 Å². The fourth-order valence-corrected chi connectivity index (χ4v) is 3.57. The van der Waals surface area contributed by atoms with E-state index in [1.807, 2.05) is 24.3 Å². The van der Waals surface area contributed by atoms with Crippen LogP contribution in [0.1, 0.15) is 0 Å². The van der Waals surface area contributed by atoms with Crippen molar-refractivity contribution < 1.29 is 9.84 Å². The van der Waals surface area contributed by atoms with E-state index in [-0.39, 0.29) is 0 Å². The van der Waals surface area contributed by atoms with Crippen LogP contribution in [0.15, 0.2) is 29.4 Å². The van der Waals surface area contributed by atoms with Gasteiger partial charge in [-0.3, -0.25) is 4.90 Å². The lowest BCUT2D eigenvalue weighted by Gasteiger charge is -2.28. The number of aromatic amines is 1. The molecule has 24 heavy (non-hydrogen) atoms. The summed E-state index contributed by atoms with van der Waals surface area (Å²) >= 11 is 1.43. The number of nitrogens with one attached hydrogen (secondary N) is 1. The third kappa shape index (κ3) is 3.36. The minimum absolute atomic E-state index is 0.421. The van der Waals surface area contributed by atoms with E-state index in [4.69, 9.17) is 4.74 Å². The number of aromatic nitrogens is 4. The van der Waals surface area contributed by atoms with Gasteiger partial charge in [0.1, 0.15) is 5.52 Å². The molecule has 0 unspecified atom stereocenters. The number of aliphatic hydroxyl groups is 1. The Bertz CT molecular complexity index is 834. The molecule has 1 aromatic carbocycles. The molecule has 1 fully saturated rings. The van der Waals surface area contributed by atoms with Gasteiger partial charge < -0.3 is 14.8 Å². The summed E-state index contributed by atoms with van der Waals surface area (Å²) in [5, 5.41) is 20.3. The highest BCUT2D eigenvalue weighted by Gasteiger charge is 2.16. The zero-order valence-electron chi connectivity index (χ0n) is 13.2. The molecule has 3 heterocycles. The summed E-state index contributed by atoms with van der Waals surface area (Å²) in [4.78, 5) is 10.00. The quantitative estimate of drug-likeness (QED) is 0.674. The van der Waals surface area contributed by atoms with Crippen molar-refractivity contribution in [1.82, 2.24) is 25.1 Å². The third-order valence-electron chi connectivity index (χ3n) is 4.08. The number of H-pyrrole nitrogens is 1. The lowest BCUT2D eigenvalue weighted by Crippen LogP contribution is -2.41. The summed E-state index contributed by atoms with van der Waals surface area (Å²) in [7, 11) is 0. The van der Waals surface area contributed by atoms with Crippen molar-refractivity contribution in [3.63, 3.8) is 0 Å². The maximum absolute atomic E-state index is 10.2. The topological polar surface area (TPSA) is 87.2 Å². The maximum Gasteiger partial charge on any atom is 0.211 e. The highest BCUT2D eigenvalue weighted by Crippen LogP contribution is 2.23. The summed E-state index contributed by atoms with van der Waals surface area (Å²) in [6, 6.07) is 7.95.